The second-order valence-corrected chi connectivity index (χ2v) is 10.2. The summed E-state index contributed by atoms with van der Waals surface area (Å²) in [5, 5.41) is 2.89. The zero-order chi connectivity index (χ0) is 19.9. The van der Waals surface area contributed by atoms with Gasteiger partial charge in [0.15, 0.2) is 0 Å². The quantitative estimate of drug-likeness (QED) is 0.768. The predicted octanol–water partition coefficient (Wildman–Crippen LogP) is 1.46. The number of aromatic nitrogens is 1. The largest absolute Gasteiger partial charge is 0.348 e. The smallest absolute Gasteiger partial charge is 0.263 e. The number of hydrogen-bond donors (Lipinski definition) is 1. The highest BCUT2D eigenvalue weighted by Gasteiger charge is 2.38. The van der Waals surface area contributed by atoms with Crippen LogP contribution in [0, 0.1) is 5.92 Å². The highest BCUT2D eigenvalue weighted by molar-refractivity contribution is 7.88. The second-order valence-electron chi connectivity index (χ2n) is 8.26. The predicted molar refractivity (Wildman–Crippen MR) is 107 cm³/mol. The minimum absolute atomic E-state index is 0.000527. The van der Waals surface area contributed by atoms with Gasteiger partial charge in [0.2, 0.25) is 10.0 Å². The van der Waals surface area contributed by atoms with Crippen molar-refractivity contribution in [2.24, 2.45) is 5.92 Å². The van der Waals surface area contributed by atoms with E-state index in [9.17, 15) is 18.0 Å². The Morgan fingerprint density at radius 2 is 2.04 bits per heavy atom. The summed E-state index contributed by atoms with van der Waals surface area (Å²) in [6.07, 6.45) is 8.70. The number of nitrogens with one attached hydrogen (secondary N) is 1. The molecule has 7 nitrogen and oxygen atoms in total. The van der Waals surface area contributed by atoms with Crippen LogP contribution in [0.15, 0.2) is 28.6 Å². The van der Waals surface area contributed by atoms with Crippen molar-refractivity contribution in [1.82, 2.24) is 14.2 Å². The number of carbonyl (C=O) groups is 1. The van der Waals surface area contributed by atoms with Gasteiger partial charge in [-0.3, -0.25) is 9.59 Å². The first-order chi connectivity index (χ1) is 13.3. The van der Waals surface area contributed by atoms with E-state index in [0.29, 0.717) is 26.2 Å². The first-order valence-electron chi connectivity index (χ1n) is 9.98. The van der Waals surface area contributed by atoms with Crippen LogP contribution in [0.5, 0.6) is 0 Å². The molecule has 3 heterocycles. The molecule has 1 amide bonds. The monoisotopic (exact) mass is 405 g/mol. The van der Waals surface area contributed by atoms with E-state index in [1.807, 2.05) is 6.07 Å². The van der Waals surface area contributed by atoms with Crippen LogP contribution in [-0.4, -0.2) is 49.1 Å². The Morgan fingerprint density at radius 3 is 2.75 bits per heavy atom. The van der Waals surface area contributed by atoms with Crippen LogP contribution < -0.4 is 10.9 Å². The van der Waals surface area contributed by atoms with Crippen LogP contribution in [0.4, 0.5) is 0 Å². The van der Waals surface area contributed by atoms with Crippen molar-refractivity contribution in [3.63, 3.8) is 0 Å². The molecular weight excluding hydrogens is 378 g/mol. The van der Waals surface area contributed by atoms with Crippen molar-refractivity contribution in [2.75, 3.05) is 25.9 Å². The Morgan fingerprint density at radius 1 is 1.21 bits per heavy atom. The van der Waals surface area contributed by atoms with E-state index in [1.54, 1.807) is 10.6 Å². The van der Waals surface area contributed by atoms with Crippen molar-refractivity contribution in [1.29, 1.82) is 0 Å². The third-order valence-electron chi connectivity index (χ3n) is 6.15. The topological polar surface area (TPSA) is 88.5 Å². The Kier molecular flexibility index (Phi) is 5.18. The molecule has 1 aromatic rings. The lowest BCUT2D eigenvalue weighted by atomic mass is 9.84. The summed E-state index contributed by atoms with van der Waals surface area (Å²) in [5.41, 5.74) is 1.96. The molecule has 1 saturated heterocycles. The Hall–Kier alpha value is -1.93. The molecule has 0 saturated carbocycles. The van der Waals surface area contributed by atoms with Gasteiger partial charge in [-0.15, -0.1) is 0 Å². The van der Waals surface area contributed by atoms with E-state index in [2.05, 4.69) is 11.4 Å². The van der Waals surface area contributed by atoms with Gasteiger partial charge in [0.05, 0.1) is 6.26 Å². The summed E-state index contributed by atoms with van der Waals surface area (Å²) in [6, 6.07) is 3.42. The van der Waals surface area contributed by atoms with E-state index in [0.717, 1.165) is 31.4 Å². The molecule has 152 valence electrons. The van der Waals surface area contributed by atoms with Gasteiger partial charge < -0.3 is 9.88 Å². The highest BCUT2D eigenvalue weighted by Crippen LogP contribution is 2.35. The number of sulfonamides is 1. The van der Waals surface area contributed by atoms with Gasteiger partial charge in [-0.2, -0.15) is 0 Å². The van der Waals surface area contributed by atoms with Gasteiger partial charge in [0, 0.05) is 37.8 Å². The fraction of sp³-hybridized carbons (Fsp3) is 0.600. The molecule has 2 atom stereocenters. The lowest BCUT2D eigenvalue weighted by molar-refractivity contribution is 0.0953. The van der Waals surface area contributed by atoms with Gasteiger partial charge in [-0.25, -0.2) is 12.7 Å². The van der Waals surface area contributed by atoms with Gasteiger partial charge in [-0.1, -0.05) is 11.6 Å². The second kappa shape index (κ2) is 7.48. The number of piperidine rings is 1. The van der Waals surface area contributed by atoms with E-state index in [-0.39, 0.29) is 28.9 Å². The molecule has 8 heteroatoms. The lowest BCUT2D eigenvalue weighted by Gasteiger charge is -2.41. The lowest BCUT2D eigenvalue weighted by Crippen LogP contribution is -2.49. The maximum absolute atomic E-state index is 13.0. The minimum Gasteiger partial charge on any atom is -0.348 e. The van der Waals surface area contributed by atoms with Crippen LogP contribution in [0.1, 0.15) is 54.1 Å². The molecule has 1 aromatic heterocycles. The van der Waals surface area contributed by atoms with Crippen LogP contribution in [-0.2, 0) is 16.6 Å². The first kappa shape index (κ1) is 19.4. The summed E-state index contributed by atoms with van der Waals surface area (Å²) in [6.45, 7) is 1.79. The van der Waals surface area contributed by atoms with Crippen LogP contribution >= 0.6 is 0 Å². The normalized spacial score (nSPS) is 25.0. The number of allylic oxidation sites excluding steroid dienone is 1. The third-order valence-corrected chi connectivity index (χ3v) is 7.38. The molecule has 3 aliphatic rings. The summed E-state index contributed by atoms with van der Waals surface area (Å²) in [5.74, 6) is -0.232. The fourth-order valence-electron chi connectivity index (χ4n) is 4.70. The number of carbonyl (C=O) groups excluding carboxylic acids is 1. The van der Waals surface area contributed by atoms with Crippen molar-refractivity contribution in [3.05, 3.63) is 45.4 Å². The van der Waals surface area contributed by atoms with Crippen LogP contribution in [0.3, 0.4) is 0 Å². The van der Waals surface area contributed by atoms with Gasteiger partial charge in [0.25, 0.3) is 11.5 Å². The zero-order valence-electron chi connectivity index (χ0n) is 16.2. The first-order valence-corrected chi connectivity index (χ1v) is 11.8. The number of rotatable bonds is 4. The molecular formula is C20H27N3O4S. The molecule has 28 heavy (non-hydrogen) atoms. The van der Waals surface area contributed by atoms with Crippen molar-refractivity contribution >= 4 is 15.9 Å². The molecule has 0 radical (unpaired) electrons. The fourth-order valence-corrected chi connectivity index (χ4v) is 5.63. The number of amides is 1. The van der Waals surface area contributed by atoms with Crippen molar-refractivity contribution in [2.45, 2.75) is 44.6 Å². The summed E-state index contributed by atoms with van der Waals surface area (Å²) in [4.78, 5) is 25.6. The summed E-state index contributed by atoms with van der Waals surface area (Å²) < 4.78 is 27.1. The number of hydrogen-bond acceptors (Lipinski definition) is 4. The summed E-state index contributed by atoms with van der Waals surface area (Å²) in [7, 11) is -3.24. The molecule has 0 unspecified atom stereocenters. The number of nitrogens with zero attached hydrogens (tertiary/aromatic N) is 2. The Bertz CT molecular complexity index is 980. The highest BCUT2D eigenvalue weighted by atomic mass is 32.2. The molecule has 0 aromatic carbocycles. The summed E-state index contributed by atoms with van der Waals surface area (Å²) >= 11 is 0. The number of pyridine rings is 1. The van der Waals surface area contributed by atoms with Crippen molar-refractivity contribution < 1.29 is 13.2 Å². The standard InChI is InChI=1S/C20H27N3O4S/c1-28(26,27)22-11-15-9-16(13-22)18-8-7-17(20(25)23(18)12-15)19(24)21-10-14-5-3-2-4-6-14/h5,7-8,15-16H,2-4,6,9-13H2,1H3,(H,21,24)/t15-,16+/m0/s1. The van der Waals surface area contributed by atoms with Gasteiger partial charge in [-0.05, 0) is 50.2 Å². The molecule has 2 bridgehead atoms. The van der Waals surface area contributed by atoms with E-state index >= 15 is 0 Å². The maximum Gasteiger partial charge on any atom is 0.263 e. The van der Waals surface area contributed by atoms with Gasteiger partial charge in [0.1, 0.15) is 5.56 Å². The van der Waals surface area contributed by atoms with E-state index in [4.69, 9.17) is 0 Å². The average molecular weight is 406 g/mol. The molecule has 2 aliphatic heterocycles. The van der Waals surface area contributed by atoms with Crippen molar-refractivity contribution in [3.8, 4) is 0 Å². The average Bonchev–Trinajstić information content (AvgIpc) is 2.67. The minimum atomic E-state index is -3.24. The Labute approximate surface area is 165 Å². The molecule has 1 fully saturated rings. The zero-order valence-corrected chi connectivity index (χ0v) is 17.0. The molecule has 1 N–H and O–H groups in total. The van der Waals surface area contributed by atoms with Crippen LogP contribution in [0.2, 0.25) is 0 Å². The third kappa shape index (κ3) is 3.80. The van der Waals surface area contributed by atoms with E-state index in [1.165, 1.54) is 22.6 Å². The van der Waals surface area contributed by atoms with Crippen LogP contribution in [0.25, 0.3) is 0 Å². The number of fused-ring (bicyclic) bond motifs is 4. The maximum atomic E-state index is 13.0. The SMILES string of the molecule is CS(=O)(=O)N1C[C@@H]2C[C@H](C1)c1ccc(C(=O)NCC3=CCCCC3)c(=O)n1C2. The van der Waals surface area contributed by atoms with Gasteiger partial charge >= 0.3 is 0 Å². The van der Waals surface area contributed by atoms with E-state index < -0.39 is 10.0 Å². The molecule has 0 spiro atoms. The molecule has 4 rings (SSSR count). The Balaban J connectivity index is 1.54. The molecule has 1 aliphatic carbocycles.